The molecule has 2 atom stereocenters. The number of fused-ring (bicyclic) bond motifs is 1. The lowest BCUT2D eigenvalue weighted by Crippen LogP contribution is -2.32. The van der Waals surface area contributed by atoms with Gasteiger partial charge < -0.3 is 21.4 Å². The number of pyridine rings is 2. The Morgan fingerprint density at radius 3 is 2.82 bits per heavy atom. The lowest BCUT2D eigenvalue weighted by atomic mass is 10.1. The van der Waals surface area contributed by atoms with Crippen LogP contribution in [0.1, 0.15) is 27.3 Å². The molecule has 2 unspecified atom stereocenters. The fourth-order valence-corrected chi connectivity index (χ4v) is 3.19. The van der Waals surface area contributed by atoms with E-state index in [9.17, 15) is 14.4 Å². The van der Waals surface area contributed by atoms with Crippen LogP contribution in [0.15, 0.2) is 53.5 Å². The second-order valence-electron chi connectivity index (χ2n) is 6.84. The SMILES string of the molecule is Nc1cc2ccccc2c(C(=O)NCC2CC2NC(=O)c2cc[nH]c(=O)c2)n1. The molecule has 2 aromatic heterocycles. The van der Waals surface area contributed by atoms with E-state index < -0.39 is 0 Å². The van der Waals surface area contributed by atoms with E-state index >= 15 is 0 Å². The number of nitrogen functional groups attached to an aromatic ring is 1. The van der Waals surface area contributed by atoms with Crippen molar-refractivity contribution in [3.05, 3.63) is 70.3 Å². The minimum absolute atomic E-state index is 0.0300. The number of anilines is 1. The first-order valence-electron chi connectivity index (χ1n) is 8.94. The van der Waals surface area contributed by atoms with Crippen LogP contribution in [0.2, 0.25) is 0 Å². The zero-order chi connectivity index (χ0) is 19.7. The maximum absolute atomic E-state index is 12.6. The van der Waals surface area contributed by atoms with Crippen LogP contribution < -0.4 is 21.9 Å². The number of carbonyl (C=O) groups is 2. The summed E-state index contributed by atoms with van der Waals surface area (Å²) in [4.78, 5) is 42.7. The molecule has 4 rings (SSSR count). The van der Waals surface area contributed by atoms with E-state index in [0.717, 1.165) is 17.2 Å². The lowest BCUT2D eigenvalue weighted by molar-refractivity contribution is 0.0948. The molecule has 8 nitrogen and oxygen atoms in total. The van der Waals surface area contributed by atoms with Gasteiger partial charge in [-0.1, -0.05) is 24.3 Å². The molecule has 0 bridgehead atoms. The van der Waals surface area contributed by atoms with Gasteiger partial charge in [-0.25, -0.2) is 4.98 Å². The van der Waals surface area contributed by atoms with Crippen LogP contribution in [0.5, 0.6) is 0 Å². The van der Waals surface area contributed by atoms with Gasteiger partial charge in [-0.3, -0.25) is 14.4 Å². The van der Waals surface area contributed by atoms with Gasteiger partial charge in [0, 0.05) is 35.8 Å². The molecule has 2 heterocycles. The molecule has 0 spiro atoms. The summed E-state index contributed by atoms with van der Waals surface area (Å²) in [6, 6.07) is 11.9. The molecule has 3 aromatic rings. The number of aromatic amines is 1. The van der Waals surface area contributed by atoms with Gasteiger partial charge in [0.2, 0.25) is 5.56 Å². The Bertz CT molecular complexity index is 1120. The lowest BCUT2D eigenvalue weighted by Gasteiger charge is -2.09. The van der Waals surface area contributed by atoms with Crippen LogP contribution >= 0.6 is 0 Å². The topological polar surface area (TPSA) is 130 Å². The van der Waals surface area contributed by atoms with Crippen LogP contribution in [-0.4, -0.2) is 34.4 Å². The molecule has 0 radical (unpaired) electrons. The number of carbonyl (C=O) groups excluding carboxylic acids is 2. The molecular weight excluding hydrogens is 358 g/mol. The number of aromatic nitrogens is 2. The smallest absolute Gasteiger partial charge is 0.270 e. The molecule has 8 heteroatoms. The van der Waals surface area contributed by atoms with E-state index in [1.807, 2.05) is 24.3 Å². The van der Waals surface area contributed by atoms with Crippen LogP contribution in [-0.2, 0) is 0 Å². The van der Waals surface area contributed by atoms with Crippen LogP contribution in [0, 0.1) is 5.92 Å². The zero-order valence-electron chi connectivity index (χ0n) is 14.9. The predicted molar refractivity (Wildman–Crippen MR) is 105 cm³/mol. The first-order valence-corrected chi connectivity index (χ1v) is 8.94. The second kappa shape index (κ2) is 7.15. The number of hydrogen-bond donors (Lipinski definition) is 4. The number of amides is 2. The molecule has 1 aliphatic rings. The van der Waals surface area contributed by atoms with Gasteiger partial charge in [-0.2, -0.15) is 0 Å². The number of nitrogens with one attached hydrogen (secondary N) is 3. The van der Waals surface area contributed by atoms with Gasteiger partial charge in [0.05, 0.1) is 0 Å². The average molecular weight is 377 g/mol. The third-order valence-electron chi connectivity index (χ3n) is 4.78. The van der Waals surface area contributed by atoms with E-state index in [2.05, 4.69) is 20.6 Å². The first kappa shape index (κ1) is 17.7. The third-order valence-corrected chi connectivity index (χ3v) is 4.78. The number of nitrogens with two attached hydrogens (primary N) is 1. The van der Waals surface area contributed by atoms with E-state index in [0.29, 0.717) is 23.6 Å². The maximum atomic E-state index is 12.6. The van der Waals surface area contributed by atoms with E-state index in [1.165, 1.54) is 12.3 Å². The Hall–Kier alpha value is -3.68. The quantitative estimate of drug-likeness (QED) is 0.528. The second-order valence-corrected chi connectivity index (χ2v) is 6.84. The van der Waals surface area contributed by atoms with Crippen molar-refractivity contribution in [2.75, 3.05) is 12.3 Å². The van der Waals surface area contributed by atoms with Gasteiger partial charge in [-0.15, -0.1) is 0 Å². The minimum Gasteiger partial charge on any atom is -0.384 e. The summed E-state index contributed by atoms with van der Waals surface area (Å²) in [5, 5.41) is 7.34. The summed E-state index contributed by atoms with van der Waals surface area (Å²) < 4.78 is 0. The van der Waals surface area contributed by atoms with Crippen LogP contribution in [0.4, 0.5) is 5.82 Å². The summed E-state index contributed by atoms with van der Waals surface area (Å²) in [6.07, 6.45) is 2.20. The number of hydrogen-bond acceptors (Lipinski definition) is 5. The molecule has 1 aliphatic carbocycles. The predicted octanol–water partition coefficient (Wildman–Crippen LogP) is 1.05. The van der Waals surface area contributed by atoms with Crippen molar-refractivity contribution in [1.82, 2.24) is 20.6 Å². The van der Waals surface area contributed by atoms with E-state index in [-0.39, 0.29) is 29.3 Å². The number of H-pyrrole nitrogens is 1. The molecule has 2 amide bonds. The van der Waals surface area contributed by atoms with Crippen molar-refractivity contribution in [1.29, 1.82) is 0 Å². The highest BCUT2D eigenvalue weighted by Gasteiger charge is 2.38. The minimum atomic E-state index is -0.325. The summed E-state index contributed by atoms with van der Waals surface area (Å²) in [6.45, 7) is 0.421. The van der Waals surface area contributed by atoms with Gasteiger partial charge >= 0.3 is 0 Å². The molecule has 5 N–H and O–H groups in total. The molecule has 28 heavy (non-hydrogen) atoms. The molecule has 1 aromatic carbocycles. The van der Waals surface area contributed by atoms with Gasteiger partial charge in [0.25, 0.3) is 11.8 Å². The average Bonchev–Trinajstić information content (AvgIpc) is 3.43. The Kier molecular flexibility index (Phi) is 4.52. The first-order chi connectivity index (χ1) is 13.5. The number of benzene rings is 1. The highest BCUT2D eigenvalue weighted by atomic mass is 16.2. The Labute approximate surface area is 160 Å². The van der Waals surface area contributed by atoms with Crippen molar-refractivity contribution >= 4 is 28.4 Å². The Morgan fingerprint density at radius 1 is 1.18 bits per heavy atom. The highest BCUT2D eigenvalue weighted by molar-refractivity contribution is 6.06. The third kappa shape index (κ3) is 3.71. The number of nitrogens with zero attached hydrogens (tertiary/aromatic N) is 1. The molecule has 1 fully saturated rings. The Morgan fingerprint density at radius 2 is 2.00 bits per heavy atom. The fraction of sp³-hybridized carbons (Fsp3) is 0.200. The molecule has 142 valence electrons. The van der Waals surface area contributed by atoms with Gasteiger partial charge in [0.15, 0.2) is 0 Å². The molecular formula is C20H19N5O3. The summed E-state index contributed by atoms with van der Waals surface area (Å²) in [5.74, 6) is -0.163. The van der Waals surface area contributed by atoms with Crippen LogP contribution in [0.25, 0.3) is 10.8 Å². The van der Waals surface area contributed by atoms with E-state index in [4.69, 9.17) is 5.73 Å². The largest absolute Gasteiger partial charge is 0.384 e. The molecule has 1 saturated carbocycles. The van der Waals surface area contributed by atoms with Crippen molar-refractivity contribution in [2.45, 2.75) is 12.5 Å². The van der Waals surface area contributed by atoms with Gasteiger partial charge in [0.1, 0.15) is 11.5 Å². The Balaban J connectivity index is 1.36. The standard InChI is InChI=1S/C20H19N5O3/c21-16-8-11-3-1-2-4-14(11)18(25-16)20(28)23-10-13-7-15(13)24-19(27)12-5-6-22-17(26)9-12/h1-6,8-9,13,15H,7,10H2,(H2,21,25)(H,22,26)(H,23,28)(H,24,27). The van der Waals surface area contributed by atoms with Crippen molar-refractivity contribution in [3.8, 4) is 0 Å². The van der Waals surface area contributed by atoms with E-state index in [1.54, 1.807) is 12.1 Å². The summed E-state index contributed by atoms with van der Waals surface area (Å²) in [7, 11) is 0. The number of rotatable bonds is 5. The monoisotopic (exact) mass is 377 g/mol. The molecule has 0 aliphatic heterocycles. The van der Waals surface area contributed by atoms with Gasteiger partial charge in [-0.05, 0) is 29.9 Å². The normalized spacial score (nSPS) is 17.9. The highest BCUT2D eigenvalue weighted by Crippen LogP contribution is 2.30. The fourth-order valence-electron chi connectivity index (χ4n) is 3.19. The summed E-state index contributed by atoms with van der Waals surface area (Å²) >= 11 is 0. The molecule has 0 saturated heterocycles. The van der Waals surface area contributed by atoms with Crippen molar-refractivity contribution in [2.24, 2.45) is 5.92 Å². The van der Waals surface area contributed by atoms with Crippen LogP contribution in [0.3, 0.4) is 0 Å². The summed E-state index contributed by atoms with van der Waals surface area (Å²) in [5.41, 5.74) is 6.09. The van der Waals surface area contributed by atoms with Crippen molar-refractivity contribution < 1.29 is 9.59 Å². The van der Waals surface area contributed by atoms with Crippen molar-refractivity contribution in [3.63, 3.8) is 0 Å². The zero-order valence-corrected chi connectivity index (χ0v) is 14.9. The maximum Gasteiger partial charge on any atom is 0.270 e.